The third kappa shape index (κ3) is 3.65. The van der Waals surface area contributed by atoms with Gasteiger partial charge in [0.15, 0.2) is 0 Å². The summed E-state index contributed by atoms with van der Waals surface area (Å²) < 4.78 is 49.0. The van der Waals surface area contributed by atoms with Gasteiger partial charge in [-0.1, -0.05) is 0 Å². The molecule has 0 saturated heterocycles. The topological polar surface area (TPSA) is 85.5 Å². The van der Waals surface area contributed by atoms with Crippen molar-refractivity contribution in [2.75, 3.05) is 13.2 Å². The van der Waals surface area contributed by atoms with E-state index in [2.05, 4.69) is 4.74 Å². The van der Waals surface area contributed by atoms with Crippen LogP contribution in [0.25, 0.3) is 10.9 Å². The molecule has 0 amide bonds. The molecule has 25 heavy (non-hydrogen) atoms. The highest BCUT2D eigenvalue weighted by molar-refractivity contribution is 5.98. The number of aromatic amines is 1. The molecule has 134 valence electrons. The van der Waals surface area contributed by atoms with Gasteiger partial charge in [0.05, 0.1) is 18.8 Å². The van der Waals surface area contributed by atoms with E-state index in [1.54, 1.807) is 6.92 Å². The maximum Gasteiger partial charge on any atom is 0.432 e. The van der Waals surface area contributed by atoms with E-state index in [0.717, 1.165) is 12.1 Å². The van der Waals surface area contributed by atoms with Crippen molar-refractivity contribution in [2.24, 2.45) is 0 Å². The van der Waals surface area contributed by atoms with Gasteiger partial charge in [0.1, 0.15) is 11.3 Å². The lowest BCUT2D eigenvalue weighted by Gasteiger charge is -2.13. The van der Waals surface area contributed by atoms with Gasteiger partial charge in [0.25, 0.3) is 0 Å². The number of ether oxygens (including phenoxy) is 2. The minimum Gasteiger partial charge on any atom is -0.462 e. The molecule has 1 N–H and O–H groups in total. The maximum atomic E-state index is 13.2. The molecule has 1 aromatic heterocycles. The SMILES string of the molecule is CCOC(=O)c1ccc2[nH]c(C(F)(F)F)c(C(=O)OCC)c(=O)c2c1. The summed E-state index contributed by atoms with van der Waals surface area (Å²) in [7, 11) is 0. The van der Waals surface area contributed by atoms with Crippen LogP contribution in [0.1, 0.15) is 40.3 Å². The number of H-pyrrole nitrogens is 1. The van der Waals surface area contributed by atoms with Gasteiger partial charge in [-0.3, -0.25) is 4.79 Å². The molecular weight excluding hydrogens is 343 g/mol. The molecule has 1 heterocycles. The molecule has 0 spiro atoms. The molecule has 9 heteroatoms. The molecule has 0 aliphatic carbocycles. The molecule has 0 unspecified atom stereocenters. The number of hydrogen-bond acceptors (Lipinski definition) is 5. The average Bonchev–Trinajstić information content (AvgIpc) is 2.53. The summed E-state index contributed by atoms with van der Waals surface area (Å²) >= 11 is 0. The van der Waals surface area contributed by atoms with Gasteiger partial charge in [0, 0.05) is 10.9 Å². The van der Waals surface area contributed by atoms with Gasteiger partial charge < -0.3 is 14.5 Å². The van der Waals surface area contributed by atoms with Crippen molar-refractivity contribution in [3.63, 3.8) is 0 Å². The minimum absolute atomic E-state index is 0.0191. The minimum atomic E-state index is -4.96. The number of esters is 2. The number of benzene rings is 1. The number of hydrogen-bond donors (Lipinski definition) is 1. The molecule has 0 aliphatic heterocycles. The molecule has 0 aliphatic rings. The van der Waals surface area contributed by atoms with E-state index in [4.69, 9.17) is 4.74 Å². The standard InChI is InChI=1S/C16H14F3NO5/c1-3-24-14(22)8-5-6-10-9(7-8)12(21)11(15(23)25-4-2)13(20-10)16(17,18)19/h5-7H,3-4H2,1-2H3,(H,20,21). The molecule has 0 saturated carbocycles. The van der Waals surface area contributed by atoms with E-state index in [1.165, 1.54) is 13.0 Å². The number of rotatable bonds is 4. The number of carbonyl (C=O) groups excluding carboxylic acids is 2. The number of halogens is 3. The van der Waals surface area contributed by atoms with Crippen LogP contribution in [0.5, 0.6) is 0 Å². The molecule has 0 fully saturated rings. The van der Waals surface area contributed by atoms with Crippen LogP contribution in [-0.4, -0.2) is 30.1 Å². The van der Waals surface area contributed by atoms with E-state index in [1.807, 2.05) is 4.98 Å². The quantitative estimate of drug-likeness (QED) is 0.851. The third-order valence-electron chi connectivity index (χ3n) is 3.28. The number of nitrogens with one attached hydrogen (secondary N) is 1. The molecule has 2 rings (SSSR count). The van der Waals surface area contributed by atoms with Crippen molar-refractivity contribution in [1.29, 1.82) is 0 Å². The van der Waals surface area contributed by atoms with Crippen molar-refractivity contribution >= 4 is 22.8 Å². The van der Waals surface area contributed by atoms with Crippen molar-refractivity contribution in [3.8, 4) is 0 Å². The van der Waals surface area contributed by atoms with Crippen molar-refractivity contribution < 1.29 is 32.2 Å². The Labute approximate surface area is 139 Å². The fourth-order valence-electron chi connectivity index (χ4n) is 2.24. The lowest BCUT2D eigenvalue weighted by molar-refractivity contribution is -0.141. The number of alkyl halides is 3. The molecule has 6 nitrogen and oxygen atoms in total. The van der Waals surface area contributed by atoms with Crippen molar-refractivity contribution in [1.82, 2.24) is 4.98 Å². The monoisotopic (exact) mass is 357 g/mol. The van der Waals surface area contributed by atoms with Crippen LogP contribution in [0.4, 0.5) is 13.2 Å². The summed E-state index contributed by atoms with van der Waals surface area (Å²) in [6.07, 6.45) is -4.96. The molecule has 0 bridgehead atoms. The third-order valence-corrected chi connectivity index (χ3v) is 3.28. The van der Waals surface area contributed by atoms with Crippen LogP contribution < -0.4 is 5.43 Å². The summed E-state index contributed by atoms with van der Waals surface area (Å²) in [6, 6.07) is 3.45. The highest BCUT2D eigenvalue weighted by Gasteiger charge is 2.39. The average molecular weight is 357 g/mol. The second-order valence-electron chi connectivity index (χ2n) is 4.90. The lowest BCUT2D eigenvalue weighted by Crippen LogP contribution is -2.26. The Hall–Kier alpha value is -2.84. The smallest absolute Gasteiger partial charge is 0.432 e. The summed E-state index contributed by atoms with van der Waals surface area (Å²) in [5.74, 6) is -2.12. The van der Waals surface area contributed by atoms with Gasteiger partial charge in [0.2, 0.25) is 5.43 Å². The fourth-order valence-corrected chi connectivity index (χ4v) is 2.24. The first-order valence-corrected chi connectivity index (χ1v) is 7.32. The zero-order chi connectivity index (χ0) is 18.8. The summed E-state index contributed by atoms with van der Waals surface area (Å²) in [4.78, 5) is 38.1. The van der Waals surface area contributed by atoms with Gasteiger partial charge in [-0.15, -0.1) is 0 Å². The zero-order valence-corrected chi connectivity index (χ0v) is 13.3. The van der Waals surface area contributed by atoms with E-state index in [0.29, 0.717) is 0 Å². The van der Waals surface area contributed by atoms with Gasteiger partial charge in [-0.05, 0) is 32.0 Å². The summed E-state index contributed by atoms with van der Waals surface area (Å²) in [5, 5.41) is -0.249. The second kappa shape index (κ2) is 6.96. The highest BCUT2D eigenvalue weighted by atomic mass is 19.4. The first-order valence-electron chi connectivity index (χ1n) is 7.32. The number of pyridine rings is 1. The van der Waals surface area contributed by atoms with E-state index in [-0.39, 0.29) is 29.7 Å². The Morgan fingerprint density at radius 2 is 1.68 bits per heavy atom. The Bertz CT molecular complexity index is 886. The maximum absolute atomic E-state index is 13.2. The normalized spacial score (nSPS) is 11.4. The Morgan fingerprint density at radius 1 is 1.08 bits per heavy atom. The van der Waals surface area contributed by atoms with Crippen LogP contribution in [0.2, 0.25) is 0 Å². The van der Waals surface area contributed by atoms with E-state index in [9.17, 15) is 27.6 Å². The Morgan fingerprint density at radius 3 is 2.24 bits per heavy atom. The van der Waals surface area contributed by atoms with E-state index >= 15 is 0 Å². The van der Waals surface area contributed by atoms with Crippen LogP contribution in [-0.2, 0) is 15.7 Å². The summed E-state index contributed by atoms with van der Waals surface area (Å²) in [6.45, 7) is 2.88. The molecule has 1 aromatic carbocycles. The first kappa shape index (κ1) is 18.5. The number of aromatic nitrogens is 1. The molecular formula is C16H14F3NO5. The second-order valence-corrected chi connectivity index (χ2v) is 4.90. The fraction of sp³-hybridized carbons (Fsp3) is 0.312. The van der Waals surface area contributed by atoms with Gasteiger partial charge in [-0.2, -0.15) is 13.2 Å². The van der Waals surface area contributed by atoms with E-state index < -0.39 is 34.8 Å². The van der Waals surface area contributed by atoms with Gasteiger partial charge >= 0.3 is 18.1 Å². The highest BCUT2D eigenvalue weighted by Crippen LogP contribution is 2.31. The Kier molecular flexibility index (Phi) is 5.15. The lowest BCUT2D eigenvalue weighted by atomic mass is 10.1. The zero-order valence-electron chi connectivity index (χ0n) is 13.3. The van der Waals surface area contributed by atoms with Crippen molar-refractivity contribution in [2.45, 2.75) is 20.0 Å². The molecule has 0 atom stereocenters. The predicted octanol–water partition coefficient (Wildman–Crippen LogP) is 2.90. The van der Waals surface area contributed by atoms with Crippen molar-refractivity contribution in [3.05, 3.63) is 45.2 Å². The summed E-state index contributed by atoms with van der Waals surface area (Å²) in [5.41, 5.74) is -4.01. The van der Waals surface area contributed by atoms with Crippen LogP contribution >= 0.6 is 0 Å². The molecule has 0 radical (unpaired) electrons. The Balaban J connectivity index is 2.77. The van der Waals surface area contributed by atoms with Crippen LogP contribution in [0, 0.1) is 0 Å². The predicted molar refractivity (Wildman–Crippen MR) is 81.5 cm³/mol. The van der Waals surface area contributed by atoms with Crippen LogP contribution in [0.15, 0.2) is 23.0 Å². The largest absolute Gasteiger partial charge is 0.462 e. The number of fused-ring (bicyclic) bond motifs is 1. The van der Waals surface area contributed by atoms with Gasteiger partial charge in [-0.25, -0.2) is 9.59 Å². The van der Waals surface area contributed by atoms with Crippen LogP contribution in [0.3, 0.4) is 0 Å². The molecule has 2 aromatic rings. The first-order chi connectivity index (χ1) is 11.7. The number of carbonyl (C=O) groups is 2.